The Labute approximate surface area is 94.6 Å². The highest BCUT2D eigenvalue weighted by atomic mass is 15.2. The van der Waals surface area contributed by atoms with Crippen LogP contribution < -0.4 is 0 Å². The molecule has 2 heterocycles. The molecule has 0 aromatic carbocycles. The topological polar surface area (TPSA) is 6.48 Å². The number of hydrogen-bond acceptors (Lipinski definition) is 2. The van der Waals surface area contributed by atoms with Crippen LogP contribution >= 0.6 is 0 Å². The van der Waals surface area contributed by atoms with Gasteiger partial charge in [-0.15, -0.1) is 0 Å². The van der Waals surface area contributed by atoms with Crippen molar-refractivity contribution in [3.8, 4) is 0 Å². The molecule has 2 aliphatic rings. The van der Waals surface area contributed by atoms with Gasteiger partial charge in [-0.3, -0.25) is 0 Å². The second-order valence-corrected chi connectivity index (χ2v) is 5.19. The van der Waals surface area contributed by atoms with E-state index in [4.69, 9.17) is 0 Å². The lowest BCUT2D eigenvalue weighted by Gasteiger charge is -2.30. The molecule has 0 atom stereocenters. The van der Waals surface area contributed by atoms with Crippen molar-refractivity contribution >= 4 is 0 Å². The van der Waals surface area contributed by atoms with Crippen LogP contribution in [0.1, 0.15) is 32.1 Å². The first-order valence-electron chi connectivity index (χ1n) is 6.62. The summed E-state index contributed by atoms with van der Waals surface area (Å²) in [5, 5.41) is 0. The summed E-state index contributed by atoms with van der Waals surface area (Å²) in [7, 11) is 0. The average Bonchev–Trinajstić information content (AvgIpc) is 2.74. The third kappa shape index (κ3) is 3.76. The first kappa shape index (κ1) is 11.4. The van der Waals surface area contributed by atoms with Gasteiger partial charge in [-0.2, -0.15) is 0 Å². The van der Waals surface area contributed by atoms with Gasteiger partial charge in [0.05, 0.1) is 0 Å². The Morgan fingerprint density at radius 2 is 1.40 bits per heavy atom. The van der Waals surface area contributed by atoms with Crippen LogP contribution in [0.4, 0.5) is 0 Å². The van der Waals surface area contributed by atoms with Gasteiger partial charge in [-0.25, -0.2) is 0 Å². The van der Waals surface area contributed by atoms with Crippen LogP contribution in [0.5, 0.6) is 0 Å². The van der Waals surface area contributed by atoms with E-state index in [1.165, 1.54) is 71.4 Å². The molecule has 2 aliphatic heterocycles. The molecule has 0 aliphatic carbocycles. The molecule has 0 saturated carbocycles. The van der Waals surface area contributed by atoms with E-state index in [1.54, 1.807) is 0 Å². The molecule has 2 saturated heterocycles. The Hall–Kier alpha value is -0.0800. The number of nitrogens with zero attached hydrogens (tertiary/aromatic N) is 2. The summed E-state index contributed by atoms with van der Waals surface area (Å²) in [5.74, 6) is 0.722. The van der Waals surface area contributed by atoms with Crippen molar-refractivity contribution in [2.75, 3.05) is 39.3 Å². The van der Waals surface area contributed by atoms with E-state index in [0.29, 0.717) is 0 Å². The molecule has 1 radical (unpaired) electrons. The standard InChI is InChI=1S/C13H25N2/c1-13-5-11-15(12-6-13)10-4-9-14-7-2-3-8-14/h13H,1-12H2. The molecule has 0 N–H and O–H groups in total. The van der Waals surface area contributed by atoms with E-state index in [0.717, 1.165) is 5.92 Å². The van der Waals surface area contributed by atoms with E-state index < -0.39 is 0 Å². The van der Waals surface area contributed by atoms with Crippen LogP contribution in [0.15, 0.2) is 0 Å². The zero-order valence-corrected chi connectivity index (χ0v) is 9.96. The van der Waals surface area contributed by atoms with E-state index in [2.05, 4.69) is 16.7 Å². The van der Waals surface area contributed by atoms with Crippen molar-refractivity contribution in [3.05, 3.63) is 6.92 Å². The van der Waals surface area contributed by atoms with Gasteiger partial charge in [0.15, 0.2) is 0 Å². The Bertz CT molecular complexity index is 167. The summed E-state index contributed by atoms with van der Waals surface area (Å²) in [6.07, 6.45) is 6.83. The largest absolute Gasteiger partial charge is 0.303 e. The number of likely N-dealkylation sites (tertiary alicyclic amines) is 2. The molecule has 2 rings (SSSR count). The maximum atomic E-state index is 4.14. The summed E-state index contributed by atoms with van der Waals surface area (Å²) in [5.41, 5.74) is 0. The van der Waals surface area contributed by atoms with Gasteiger partial charge in [0, 0.05) is 0 Å². The fourth-order valence-corrected chi connectivity index (χ4v) is 2.73. The predicted molar refractivity (Wildman–Crippen MR) is 64.8 cm³/mol. The second-order valence-electron chi connectivity index (χ2n) is 5.19. The van der Waals surface area contributed by atoms with Gasteiger partial charge in [-0.1, -0.05) is 6.92 Å². The molecule has 2 fully saturated rings. The van der Waals surface area contributed by atoms with Crippen molar-refractivity contribution in [2.45, 2.75) is 32.1 Å². The number of hydrogen-bond donors (Lipinski definition) is 0. The van der Waals surface area contributed by atoms with Gasteiger partial charge < -0.3 is 9.80 Å². The Morgan fingerprint density at radius 1 is 0.867 bits per heavy atom. The predicted octanol–water partition coefficient (Wildman–Crippen LogP) is 2.02. The lowest BCUT2D eigenvalue weighted by atomic mass is 9.99. The normalized spacial score (nSPS) is 26.2. The SMILES string of the molecule is [CH2]C1CCN(CCCN2CCCC2)CC1. The molecule has 0 aromatic heterocycles. The third-order valence-corrected chi connectivity index (χ3v) is 3.85. The fraction of sp³-hybridized carbons (Fsp3) is 0.923. The molecule has 15 heavy (non-hydrogen) atoms. The highest BCUT2D eigenvalue weighted by molar-refractivity contribution is 4.74. The Kier molecular flexibility index (Phi) is 4.45. The van der Waals surface area contributed by atoms with Gasteiger partial charge in [0.2, 0.25) is 0 Å². The molecule has 87 valence electrons. The van der Waals surface area contributed by atoms with Crippen molar-refractivity contribution < 1.29 is 0 Å². The molecule has 0 amide bonds. The van der Waals surface area contributed by atoms with Crippen LogP contribution in [0, 0.1) is 12.8 Å². The van der Waals surface area contributed by atoms with Gasteiger partial charge >= 0.3 is 0 Å². The fourth-order valence-electron chi connectivity index (χ4n) is 2.73. The minimum atomic E-state index is 0.722. The van der Waals surface area contributed by atoms with Crippen LogP contribution in [0.3, 0.4) is 0 Å². The van der Waals surface area contributed by atoms with E-state index in [-0.39, 0.29) is 0 Å². The summed E-state index contributed by atoms with van der Waals surface area (Å²) in [6.45, 7) is 12.0. The minimum absolute atomic E-state index is 0.722. The smallest absolute Gasteiger partial charge is 0.000654 e. The molecule has 0 aromatic rings. The Morgan fingerprint density at radius 3 is 2.00 bits per heavy atom. The molecular weight excluding hydrogens is 184 g/mol. The molecule has 0 spiro atoms. The van der Waals surface area contributed by atoms with Crippen LogP contribution in [-0.2, 0) is 0 Å². The van der Waals surface area contributed by atoms with Crippen molar-refractivity contribution in [1.29, 1.82) is 0 Å². The van der Waals surface area contributed by atoms with Crippen LogP contribution in [0.25, 0.3) is 0 Å². The average molecular weight is 209 g/mol. The molecule has 2 nitrogen and oxygen atoms in total. The van der Waals surface area contributed by atoms with E-state index in [1.807, 2.05) is 0 Å². The first-order chi connectivity index (χ1) is 7.34. The maximum Gasteiger partial charge on any atom is -0.000654 e. The summed E-state index contributed by atoms with van der Waals surface area (Å²) < 4.78 is 0. The van der Waals surface area contributed by atoms with Gasteiger partial charge in [0.1, 0.15) is 0 Å². The summed E-state index contributed by atoms with van der Waals surface area (Å²) >= 11 is 0. The number of rotatable bonds is 4. The zero-order valence-electron chi connectivity index (χ0n) is 9.96. The van der Waals surface area contributed by atoms with Gasteiger partial charge in [0.25, 0.3) is 0 Å². The number of piperidine rings is 1. The summed E-state index contributed by atoms with van der Waals surface area (Å²) in [6, 6.07) is 0. The van der Waals surface area contributed by atoms with Crippen molar-refractivity contribution in [1.82, 2.24) is 9.80 Å². The highest BCUT2D eigenvalue weighted by Gasteiger charge is 2.16. The van der Waals surface area contributed by atoms with Crippen molar-refractivity contribution in [2.24, 2.45) is 5.92 Å². The second kappa shape index (κ2) is 5.86. The Balaban J connectivity index is 1.53. The summed E-state index contributed by atoms with van der Waals surface area (Å²) in [4.78, 5) is 5.24. The van der Waals surface area contributed by atoms with Crippen LogP contribution in [0.2, 0.25) is 0 Å². The maximum absolute atomic E-state index is 4.14. The zero-order chi connectivity index (χ0) is 10.5. The lowest BCUT2D eigenvalue weighted by molar-refractivity contribution is 0.190. The minimum Gasteiger partial charge on any atom is -0.303 e. The first-order valence-corrected chi connectivity index (χ1v) is 6.62. The molecule has 0 unspecified atom stereocenters. The molecule has 0 bridgehead atoms. The van der Waals surface area contributed by atoms with E-state index in [9.17, 15) is 0 Å². The monoisotopic (exact) mass is 209 g/mol. The highest BCUT2D eigenvalue weighted by Crippen LogP contribution is 2.16. The lowest BCUT2D eigenvalue weighted by Crippen LogP contribution is -2.35. The molecule has 2 heteroatoms. The van der Waals surface area contributed by atoms with Crippen LogP contribution in [-0.4, -0.2) is 49.1 Å². The van der Waals surface area contributed by atoms with Crippen molar-refractivity contribution in [3.63, 3.8) is 0 Å². The third-order valence-electron chi connectivity index (χ3n) is 3.85. The van der Waals surface area contributed by atoms with E-state index >= 15 is 0 Å². The molecular formula is C13H25N2. The van der Waals surface area contributed by atoms with Gasteiger partial charge in [-0.05, 0) is 77.3 Å². The quantitative estimate of drug-likeness (QED) is 0.699.